The lowest BCUT2D eigenvalue weighted by molar-refractivity contribution is 0.0741. The largest absolute Gasteiger partial charge is 0.332 e. The Bertz CT molecular complexity index is 1050. The summed E-state index contributed by atoms with van der Waals surface area (Å²) < 4.78 is 0. The van der Waals surface area contributed by atoms with Crippen molar-refractivity contribution >= 4 is 28.3 Å². The van der Waals surface area contributed by atoms with Gasteiger partial charge in [0.25, 0.3) is 5.91 Å². The van der Waals surface area contributed by atoms with Gasteiger partial charge in [-0.25, -0.2) is 4.98 Å². The fourth-order valence-corrected chi connectivity index (χ4v) is 3.78. The van der Waals surface area contributed by atoms with Crippen molar-refractivity contribution in [3.05, 3.63) is 88.6 Å². The highest BCUT2D eigenvalue weighted by atomic mass is 32.1. The monoisotopic (exact) mass is 388 g/mol. The molecule has 0 spiro atoms. The third-order valence-corrected chi connectivity index (χ3v) is 5.31. The molecule has 0 saturated heterocycles. The highest BCUT2D eigenvalue weighted by Gasteiger charge is 2.18. The number of rotatable bonds is 7. The second-order valence-electron chi connectivity index (χ2n) is 6.50. The molecule has 140 valence electrons. The average molecular weight is 388 g/mol. The smallest absolute Gasteiger partial charge is 0.254 e. The van der Waals surface area contributed by atoms with E-state index in [1.807, 2.05) is 46.7 Å². The Kier molecular flexibility index (Phi) is 5.68. The molecule has 0 unspecified atom stereocenters. The molecular weight excluding hydrogens is 368 g/mol. The van der Waals surface area contributed by atoms with E-state index in [9.17, 15) is 4.79 Å². The highest BCUT2D eigenvalue weighted by Crippen LogP contribution is 2.17. The molecule has 1 amide bonds. The maximum atomic E-state index is 13.2. The first kappa shape index (κ1) is 18.3. The Balaban J connectivity index is 1.51. The molecule has 0 N–H and O–H groups in total. The number of aryl methyl sites for hydroxylation is 1. The van der Waals surface area contributed by atoms with E-state index in [0.717, 1.165) is 28.9 Å². The molecule has 6 heteroatoms. The Morgan fingerprint density at radius 2 is 1.75 bits per heavy atom. The van der Waals surface area contributed by atoms with Crippen LogP contribution in [0.2, 0.25) is 0 Å². The van der Waals surface area contributed by atoms with Crippen molar-refractivity contribution in [3.63, 3.8) is 0 Å². The van der Waals surface area contributed by atoms with Crippen LogP contribution in [0.25, 0.3) is 11.0 Å². The van der Waals surface area contributed by atoms with Crippen molar-refractivity contribution in [3.8, 4) is 0 Å². The summed E-state index contributed by atoms with van der Waals surface area (Å²) in [6, 6.07) is 15.8. The van der Waals surface area contributed by atoms with Crippen molar-refractivity contribution in [1.82, 2.24) is 19.9 Å². The number of nitrogens with zero attached hydrogens (tertiary/aromatic N) is 4. The molecule has 2 aromatic carbocycles. The minimum absolute atomic E-state index is 0.00388. The van der Waals surface area contributed by atoms with Crippen LogP contribution >= 0.6 is 11.3 Å². The molecule has 4 aromatic rings. The minimum Gasteiger partial charge on any atom is -0.332 e. The summed E-state index contributed by atoms with van der Waals surface area (Å²) in [4.78, 5) is 28.0. The maximum absolute atomic E-state index is 13.2. The molecule has 4 rings (SSSR count). The van der Waals surface area contributed by atoms with Gasteiger partial charge in [-0.15, -0.1) is 11.3 Å². The van der Waals surface area contributed by atoms with E-state index >= 15 is 0 Å². The molecule has 0 aliphatic rings. The van der Waals surface area contributed by atoms with Crippen LogP contribution in [0.5, 0.6) is 0 Å². The number of benzene rings is 2. The van der Waals surface area contributed by atoms with Gasteiger partial charge >= 0.3 is 0 Å². The Morgan fingerprint density at radius 1 is 0.929 bits per heavy atom. The third kappa shape index (κ3) is 4.40. The van der Waals surface area contributed by atoms with Crippen LogP contribution in [0.1, 0.15) is 27.3 Å². The second kappa shape index (κ2) is 8.71. The van der Waals surface area contributed by atoms with E-state index in [1.165, 1.54) is 5.56 Å². The van der Waals surface area contributed by atoms with Crippen molar-refractivity contribution in [1.29, 1.82) is 0 Å². The van der Waals surface area contributed by atoms with E-state index in [1.54, 1.807) is 29.9 Å². The number of hydrogen-bond acceptors (Lipinski definition) is 5. The van der Waals surface area contributed by atoms with E-state index in [-0.39, 0.29) is 5.91 Å². The number of thiazole rings is 1. The van der Waals surface area contributed by atoms with Crippen LogP contribution in [0, 0.1) is 0 Å². The van der Waals surface area contributed by atoms with Gasteiger partial charge in [-0.3, -0.25) is 14.8 Å². The van der Waals surface area contributed by atoms with Crippen LogP contribution < -0.4 is 0 Å². The lowest BCUT2D eigenvalue weighted by Gasteiger charge is -2.22. The first-order valence-corrected chi connectivity index (χ1v) is 10.1. The molecule has 2 heterocycles. The van der Waals surface area contributed by atoms with Gasteiger partial charge in [0.15, 0.2) is 0 Å². The van der Waals surface area contributed by atoms with Gasteiger partial charge in [0.1, 0.15) is 5.01 Å². The summed E-state index contributed by atoms with van der Waals surface area (Å²) in [7, 11) is 0. The fourth-order valence-electron chi connectivity index (χ4n) is 3.14. The molecule has 0 aliphatic heterocycles. The zero-order valence-corrected chi connectivity index (χ0v) is 16.2. The van der Waals surface area contributed by atoms with Gasteiger partial charge in [-0.2, -0.15) is 0 Å². The Hall–Kier alpha value is -3.12. The molecule has 0 saturated carbocycles. The molecule has 0 aliphatic carbocycles. The highest BCUT2D eigenvalue weighted by molar-refractivity contribution is 7.09. The van der Waals surface area contributed by atoms with Crippen molar-refractivity contribution in [2.45, 2.75) is 19.4 Å². The molecule has 5 nitrogen and oxygen atoms in total. The number of carbonyl (C=O) groups excluding carboxylic acids is 1. The molecule has 0 radical (unpaired) electrons. The standard InChI is InChI=1S/C22H20N4OS/c27-22(18-8-9-19-20(15-18)24-11-10-23-19)26(16-21-25-12-14-28-21)13-4-7-17-5-2-1-3-6-17/h1-3,5-6,8-12,14-15H,4,7,13,16H2. The number of hydrogen-bond donors (Lipinski definition) is 0. The van der Waals surface area contributed by atoms with Gasteiger partial charge < -0.3 is 4.90 Å². The van der Waals surface area contributed by atoms with E-state index < -0.39 is 0 Å². The quantitative estimate of drug-likeness (QED) is 0.472. The molecule has 28 heavy (non-hydrogen) atoms. The summed E-state index contributed by atoms with van der Waals surface area (Å²) in [6.07, 6.45) is 6.91. The Labute approximate surface area is 167 Å². The number of fused-ring (bicyclic) bond motifs is 1. The van der Waals surface area contributed by atoms with Gasteiger partial charge in [-0.05, 0) is 36.6 Å². The summed E-state index contributed by atoms with van der Waals surface area (Å²) in [5, 5.41) is 2.88. The molecule has 2 aromatic heterocycles. The average Bonchev–Trinajstić information content (AvgIpc) is 3.26. The van der Waals surface area contributed by atoms with Crippen LogP contribution in [0.4, 0.5) is 0 Å². The van der Waals surface area contributed by atoms with Crippen molar-refractivity contribution in [2.24, 2.45) is 0 Å². The zero-order valence-electron chi connectivity index (χ0n) is 15.4. The Morgan fingerprint density at radius 3 is 2.54 bits per heavy atom. The summed E-state index contributed by atoms with van der Waals surface area (Å²) in [6.45, 7) is 1.19. The SMILES string of the molecule is O=C(c1ccc2nccnc2c1)N(CCCc1ccccc1)Cc1nccs1. The number of carbonyl (C=O) groups is 1. The maximum Gasteiger partial charge on any atom is 0.254 e. The molecule has 0 bridgehead atoms. The lowest BCUT2D eigenvalue weighted by atomic mass is 10.1. The van der Waals surface area contributed by atoms with Crippen LogP contribution in [-0.4, -0.2) is 32.3 Å². The third-order valence-electron chi connectivity index (χ3n) is 4.55. The predicted octanol–water partition coefficient (Wildman–Crippen LogP) is 4.36. The number of aromatic nitrogens is 3. The van der Waals surface area contributed by atoms with Crippen LogP contribution in [0.3, 0.4) is 0 Å². The first-order valence-electron chi connectivity index (χ1n) is 9.22. The first-order chi connectivity index (χ1) is 13.8. The van der Waals surface area contributed by atoms with E-state index in [0.29, 0.717) is 18.7 Å². The molecule has 0 fully saturated rings. The van der Waals surface area contributed by atoms with E-state index in [2.05, 4.69) is 27.1 Å². The number of amides is 1. The van der Waals surface area contributed by atoms with Gasteiger partial charge in [0.2, 0.25) is 0 Å². The zero-order chi connectivity index (χ0) is 19.2. The normalized spacial score (nSPS) is 10.9. The van der Waals surface area contributed by atoms with Crippen molar-refractivity contribution < 1.29 is 4.79 Å². The summed E-state index contributed by atoms with van der Waals surface area (Å²) >= 11 is 1.57. The minimum atomic E-state index is -0.00388. The molecule has 0 atom stereocenters. The molecular formula is C22H20N4OS. The second-order valence-corrected chi connectivity index (χ2v) is 7.48. The summed E-state index contributed by atoms with van der Waals surface area (Å²) in [5.41, 5.74) is 3.43. The lowest BCUT2D eigenvalue weighted by Crippen LogP contribution is -2.31. The fraction of sp³-hybridized carbons (Fsp3) is 0.182. The van der Waals surface area contributed by atoms with Gasteiger partial charge in [0.05, 0.1) is 17.6 Å². The van der Waals surface area contributed by atoms with Crippen molar-refractivity contribution in [2.75, 3.05) is 6.54 Å². The van der Waals surface area contributed by atoms with Gasteiger partial charge in [-0.1, -0.05) is 30.3 Å². The summed E-state index contributed by atoms with van der Waals surface area (Å²) in [5.74, 6) is -0.00388. The van der Waals surface area contributed by atoms with Crippen LogP contribution in [0.15, 0.2) is 72.5 Å². The topological polar surface area (TPSA) is 59.0 Å². The van der Waals surface area contributed by atoms with Gasteiger partial charge in [0, 0.05) is 36.1 Å². The van der Waals surface area contributed by atoms with E-state index in [4.69, 9.17) is 0 Å². The predicted molar refractivity (Wildman–Crippen MR) is 111 cm³/mol. The van der Waals surface area contributed by atoms with Crippen LogP contribution in [-0.2, 0) is 13.0 Å².